The van der Waals surface area contributed by atoms with E-state index in [9.17, 15) is 0 Å². The molecule has 0 radical (unpaired) electrons. The fourth-order valence-corrected chi connectivity index (χ4v) is 2.86. The second kappa shape index (κ2) is 4.89. The van der Waals surface area contributed by atoms with E-state index in [4.69, 9.17) is 4.74 Å². The summed E-state index contributed by atoms with van der Waals surface area (Å²) in [6, 6.07) is 12.6. The lowest BCUT2D eigenvalue weighted by molar-refractivity contribution is 0.209. The summed E-state index contributed by atoms with van der Waals surface area (Å²) in [7, 11) is 0. The van der Waals surface area contributed by atoms with Gasteiger partial charge in [-0.15, -0.1) is 0 Å². The van der Waals surface area contributed by atoms with Crippen molar-refractivity contribution in [1.82, 2.24) is 0 Å². The van der Waals surface area contributed by atoms with Gasteiger partial charge in [0, 0.05) is 4.47 Å². The molecule has 2 aromatic rings. The molecular formula is C16H16BrNO. The Labute approximate surface area is 121 Å². The van der Waals surface area contributed by atoms with E-state index in [1.165, 1.54) is 16.7 Å². The first-order chi connectivity index (χ1) is 9.13. The van der Waals surface area contributed by atoms with Crippen LogP contribution in [0, 0.1) is 13.8 Å². The molecule has 1 unspecified atom stereocenters. The Morgan fingerprint density at radius 2 is 2.00 bits per heavy atom. The molecule has 0 fully saturated rings. The summed E-state index contributed by atoms with van der Waals surface area (Å²) in [4.78, 5) is 0. The normalized spacial score (nSPS) is 17.3. The lowest BCUT2D eigenvalue weighted by Gasteiger charge is -2.28. The van der Waals surface area contributed by atoms with E-state index in [0.717, 1.165) is 22.5 Å². The summed E-state index contributed by atoms with van der Waals surface area (Å²) in [6.07, 6.45) is 0.0780. The third kappa shape index (κ3) is 2.47. The summed E-state index contributed by atoms with van der Waals surface area (Å²) in [5.41, 5.74) is 4.88. The zero-order chi connectivity index (χ0) is 13.4. The van der Waals surface area contributed by atoms with Crippen LogP contribution in [0.4, 0.5) is 5.69 Å². The van der Waals surface area contributed by atoms with E-state index in [-0.39, 0.29) is 6.10 Å². The number of nitrogens with one attached hydrogen (secondary N) is 1. The summed E-state index contributed by atoms with van der Waals surface area (Å²) < 4.78 is 7.17. The first-order valence-corrected chi connectivity index (χ1v) is 7.20. The predicted molar refractivity (Wildman–Crippen MR) is 81.9 cm³/mol. The number of anilines is 1. The molecule has 0 saturated carbocycles. The smallest absolute Gasteiger partial charge is 0.143 e. The van der Waals surface area contributed by atoms with Crippen molar-refractivity contribution in [3.05, 3.63) is 57.6 Å². The number of benzene rings is 2. The Morgan fingerprint density at radius 1 is 1.16 bits per heavy atom. The number of aryl methyl sites for hydroxylation is 2. The lowest BCUT2D eigenvalue weighted by Crippen LogP contribution is -2.24. The van der Waals surface area contributed by atoms with Crippen molar-refractivity contribution in [2.45, 2.75) is 20.0 Å². The van der Waals surface area contributed by atoms with Gasteiger partial charge in [-0.05, 0) is 43.2 Å². The van der Waals surface area contributed by atoms with E-state index < -0.39 is 0 Å². The molecular weight excluding hydrogens is 302 g/mol. The molecule has 0 saturated heterocycles. The van der Waals surface area contributed by atoms with Gasteiger partial charge in [-0.3, -0.25) is 0 Å². The fourth-order valence-electron chi connectivity index (χ4n) is 2.50. The van der Waals surface area contributed by atoms with Gasteiger partial charge in [0.1, 0.15) is 11.9 Å². The Morgan fingerprint density at radius 3 is 2.79 bits per heavy atom. The molecule has 0 amide bonds. The van der Waals surface area contributed by atoms with Crippen LogP contribution < -0.4 is 10.1 Å². The maximum atomic E-state index is 6.11. The highest BCUT2D eigenvalue weighted by Crippen LogP contribution is 2.36. The minimum atomic E-state index is 0.0780. The Kier molecular flexibility index (Phi) is 3.23. The topological polar surface area (TPSA) is 21.3 Å². The predicted octanol–water partition coefficient (Wildman–Crippen LogP) is 4.61. The molecule has 3 rings (SSSR count). The maximum Gasteiger partial charge on any atom is 0.143 e. The number of ether oxygens (including phenoxy) is 1. The molecule has 1 aliphatic heterocycles. The fraction of sp³-hybridized carbons (Fsp3) is 0.250. The third-order valence-electron chi connectivity index (χ3n) is 3.46. The van der Waals surface area contributed by atoms with Gasteiger partial charge in [-0.2, -0.15) is 0 Å². The van der Waals surface area contributed by atoms with Crippen molar-refractivity contribution in [3.8, 4) is 5.75 Å². The van der Waals surface area contributed by atoms with Crippen LogP contribution in [0.2, 0.25) is 0 Å². The molecule has 1 aliphatic rings. The van der Waals surface area contributed by atoms with Crippen LogP contribution in [-0.4, -0.2) is 6.54 Å². The first-order valence-electron chi connectivity index (χ1n) is 6.41. The number of halogens is 1. The summed E-state index contributed by atoms with van der Waals surface area (Å²) in [5.74, 6) is 0.916. The van der Waals surface area contributed by atoms with E-state index in [2.05, 4.69) is 53.3 Å². The van der Waals surface area contributed by atoms with E-state index in [0.29, 0.717) is 0 Å². The van der Waals surface area contributed by atoms with Crippen LogP contribution in [0.1, 0.15) is 22.8 Å². The van der Waals surface area contributed by atoms with Gasteiger partial charge in [-0.25, -0.2) is 0 Å². The van der Waals surface area contributed by atoms with Gasteiger partial charge in [0.2, 0.25) is 0 Å². The molecule has 0 bridgehead atoms. The average Bonchev–Trinajstić information content (AvgIpc) is 2.38. The van der Waals surface area contributed by atoms with Crippen molar-refractivity contribution in [1.29, 1.82) is 0 Å². The second-order valence-corrected chi connectivity index (χ2v) is 5.90. The summed E-state index contributed by atoms with van der Waals surface area (Å²) in [6.45, 7) is 5.06. The van der Waals surface area contributed by atoms with Crippen LogP contribution in [0.25, 0.3) is 0 Å². The van der Waals surface area contributed by atoms with Crippen LogP contribution in [-0.2, 0) is 0 Å². The van der Waals surface area contributed by atoms with Crippen molar-refractivity contribution < 1.29 is 4.74 Å². The summed E-state index contributed by atoms with van der Waals surface area (Å²) >= 11 is 3.47. The van der Waals surface area contributed by atoms with Gasteiger partial charge >= 0.3 is 0 Å². The molecule has 1 heterocycles. The van der Waals surface area contributed by atoms with Crippen LogP contribution in [0.3, 0.4) is 0 Å². The molecule has 19 heavy (non-hydrogen) atoms. The van der Waals surface area contributed by atoms with Gasteiger partial charge in [0.15, 0.2) is 0 Å². The van der Waals surface area contributed by atoms with E-state index in [1.807, 2.05) is 18.2 Å². The van der Waals surface area contributed by atoms with Crippen LogP contribution in [0.5, 0.6) is 5.75 Å². The second-order valence-electron chi connectivity index (χ2n) is 4.99. The highest BCUT2D eigenvalue weighted by Gasteiger charge is 2.22. The molecule has 1 atom stereocenters. The maximum absolute atomic E-state index is 6.11. The van der Waals surface area contributed by atoms with E-state index in [1.54, 1.807) is 0 Å². The summed E-state index contributed by atoms with van der Waals surface area (Å²) in [5, 5.41) is 3.44. The minimum absolute atomic E-state index is 0.0780. The lowest BCUT2D eigenvalue weighted by atomic mass is 10.00. The zero-order valence-electron chi connectivity index (χ0n) is 11.0. The standard InChI is InChI=1S/C16H16BrNO/c1-10-3-5-13(11(2)7-10)16-9-18-14-8-12(17)4-6-15(14)19-16/h3-8,16,18H,9H2,1-2H3. The van der Waals surface area contributed by atoms with Crippen molar-refractivity contribution in [2.24, 2.45) is 0 Å². The molecule has 0 spiro atoms. The SMILES string of the molecule is Cc1ccc(C2CNc3cc(Br)ccc3O2)c(C)c1. The molecule has 3 heteroatoms. The molecule has 0 aromatic heterocycles. The van der Waals surface area contributed by atoms with Gasteiger partial charge in [0.05, 0.1) is 12.2 Å². The number of hydrogen-bond donors (Lipinski definition) is 1. The number of fused-ring (bicyclic) bond motifs is 1. The Hall–Kier alpha value is -1.48. The Bertz CT molecular complexity index is 624. The minimum Gasteiger partial charge on any atom is -0.482 e. The van der Waals surface area contributed by atoms with Crippen LogP contribution >= 0.6 is 15.9 Å². The third-order valence-corrected chi connectivity index (χ3v) is 3.95. The molecule has 0 aliphatic carbocycles. The number of rotatable bonds is 1. The van der Waals surface area contributed by atoms with E-state index >= 15 is 0 Å². The van der Waals surface area contributed by atoms with Crippen molar-refractivity contribution in [3.63, 3.8) is 0 Å². The highest BCUT2D eigenvalue weighted by molar-refractivity contribution is 9.10. The Balaban J connectivity index is 1.91. The largest absolute Gasteiger partial charge is 0.482 e. The molecule has 98 valence electrons. The average molecular weight is 318 g/mol. The molecule has 1 N–H and O–H groups in total. The molecule has 2 aromatic carbocycles. The molecule has 2 nitrogen and oxygen atoms in total. The van der Waals surface area contributed by atoms with Crippen molar-refractivity contribution in [2.75, 3.05) is 11.9 Å². The van der Waals surface area contributed by atoms with Gasteiger partial charge in [0.25, 0.3) is 0 Å². The first kappa shape index (κ1) is 12.5. The quantitative estimate of drug-likeness (QED) is 0.829. The number of hydrogen-bond acceptors (Lipinski definition) is 2. The zero-order valence-corrected chi connectivity index (χ0v) is 12.6. The van der Waals surface area contributed by atoms with Crippen molar-refractivity contribution >= 4 is 21.6 Å². The highest BCUT2D eigenvalue weighted by atomic mass is 79.9. The monoisotopic (exact) mass is 317 g/mol. The van der Waals surface area contributed by atoms with Gasteiger partial charge in [-0.1, -0.05) is 39.7 Å². The van der Waals surface area contributed by atoms with Gasteiger partial charge < -0.3 is 10.1 Å². The van der Waals surface area contributed by atoms with Crippen LogP contribution in [0.15, 0.2) is 40.9 Å².